The van der Waals surface area contributed by atoms with E-state index >= 15 is 0 Å². The van der Waals surface area contributed by atoms with Crippen molar-refractivity contribution in [1.29, 1.82) is 5.26 Å². The van der Waals surface area contributed by atoms with Crippen LogP contribution in [0.2, 0.25) is 0 Å². The summed E-state index contributed by atoms with van der Waals surface area (Å²) in [6.45, 7) is 0.511. The van der Waals surface area contributed by atoms with Crippen LogP contribution in [0.3, 0.4) is 0 Å². The Morgan fingerprint density at radius 3 is 2.61 bits per heavy atom. The molecular formula is C20H14BrNO. The maximum Gasteiger partial charge on any atom is 0.134 e. The zero-order chi connectivity index (χ0) is 16.1. The lowest BCUT2D eigenvalue weighted by atomic mass is 10.1. The molecule has 0 fully saturated rings. The number of nitrogens with zero attached hydrogens (tertiary/aromatic N) is 1. The van der Waals surface area contributed by atoms with E-state index in [0.29, 0.717) is 6.61 Å². The van der Waals surface area contributed by atoms with Gasteiger partial charge in [0.2, 0.25) is 0 Å². The van der Waals surface area contributed by atoms with Crippen LogP contribution < -0.4 is 4.74 Å². The third kappa shape index (κ3) is 3.80. The van der Waals surface area contributed by atoms with Crippen molar-refractivity contribution in [2.24, 2.45) is 0 Å². The summed E-state index contributed by atoms with van der Waals surface area (Å²) >= 11 is 3.51. The summed E-state index contributed by atoms with van der Waals surface area (Å²) in [7, 11) is 0. The summed E-state index contributed by atoms with van der Waals surface area (Å²) in [5.74, 6) is 0.785. The number of rotatable bonds is 4. The van der Waals surface area contributed by atoms with Crippen LogP contribution in [0.1, 0.15) is 11.1 Å². The van der Waals surface area contributed by atoms with Crippen molar-refractivity contribution in [2.75, 3.05) is 0 Å². The lowest BCUT2D eigenvalue weighted by molar-refractivity contribution is 0.304. The third-order valence-electron chi connectivity index (χ3n) is 3.51. The summed E-state index contributed by atoms with van der Waals surface area (Å²) in [5, 5.41) is 11.0. The number of benzene rings is 3. The molecule has 3 aromatic carbocycles. The molecule has 0 saturated carbocycles. The minimum Gasteiger partial charge on any atom is -0.488 e. The van der Waals surface area contributed by atoms with E-state index < -0.39 is 0 Å². The van der Waals surface area contributed by atoms with Gasteiger partial charge in [0.15, 0.2) is 0 Å². The number of ether oxygens (including phenoxy) is 1. The van der Waals surface area contributed by atoms with Gasteiger partial charge in [0.25, 0.3) is 0 Å². The molecule has 0 aliphatic carbocycles. The first-order valence-electron chi connectivity index (χ1n) is 7.22. The minimum absolute atomic E-state index is 0.511. The number of allylic oxidation sites excluding steroid dienone is 1. The number of hydrogen-bond donors (Lipinski definition) is 0. The van der Waals surface area contributed by atoms with Crippen LogP contribution in [0.4, 0.5) is 0 Å². The van der Waals surface area contributed by atoms with Crippen LogP contribution in [-0.2, 0) is 6.61 Å². The van der Waals surface area contributed by atoms with Crippen LogP contribution >= 0.6 is 15.9 Å². The molecule has 0 aliphatic rings. The van der Waals surface area contributed by atoms with Crippen molar-refractivity contribution in [3.63, 3.8) is 0 Å². The molecule has 0 spiro atoms. The molecule has 0 N–H and O–H groups in total. The Morgan fingerprint density at radius 2 is 1.83 bits per heavy atom. The average molecular weight is 364 g/mol. The fraction of sp³-hybridized carbons (Fsp3) is 0.0500. The molecule has 3 aromatic rings. The average Bonchev–Trinajstić information content (AvgIpc) is 2.59. The van der Waals surface area contributed by atoms with Crippen LogP contribution in [-0.4, -0.2) is 0 Å². The Hall–Kier alpha value is -2.57. The lowest BCUT2D eigenvalue weighted by Crippen LogP contribution is -1.96. The zero-order valence-electron chi connectivity index (χ0n) is 12.4. The zero-order valence-corrected chi connectivity index (χ0v) is 14.0. The van der Waals surface area contributed by atoms with E-state index in [1.54, 1.807) is 6.08 Å². The second-order valence-electron chi connectivity index (χ2n) is 5.12. The quantitative estimate of drug-likeness (QED) is 0.555. The molecule has 23 heavy (non-hydrogen) atoms. The van der Waals surface area contributed by atoms with Gasteiger partial charge in [-0.1, -0.05) is 42.5 Å². The normalized spacial score (nSPS) is 10.8. The van der Waals surface area contributed by atoms with E-state index in [0.717, 1.165) is 21.3 Å². The first kappa shape index (κ1) is 15.3. The van der Waals surface area contributed by atoms with Gasteiger partial charge in [-0.15, -0.1) is 0 Å². The number of nitriles is 1. The van der Waals surface area contributed by atoms with Crippen molar-refractivity contribution < 1.29 is 4.74 Å². The molecule has 0 radical (unpaired) electrons. The second kappa shape index (κ2) is 7.13. The van der Waals surface area contributed by atoms with Gasteiger partial charge < -0.3 is 4.74 Å². The third-order valence-corrected chi connectivity index (χ3v) is 4.13. The Kier molecular flexibility index (Phi) is 4.75. The van der Waals surface area contributed by atoms with E-state index in [9.17, 15) is 0 Å². The van der Waals surface area contributed by atoms with E-state index in [4.69, 9.17) is 10.00 Å². The molecule has 0 unspecified atom stereocenters. The molecule has 112 valence electrons. The van der Waals surface area contributed by atoms with Crippen molar-refractivity contribution in [3.05, 3.63) is 82.3 Å². The van der Waals surface area contributed by atoms with Crippen LogP contribution in [0.5, 0.6) is 5.75 Å². The van der Waals surface area contributed by atoms with Gasteiger partial charge in [-0.05, 0) is 62.1 Å². The number of hydrogen-bond acceptors (Lipinski definition) is 2. The Balaban J connectivity index is 1.74. The maximum absolute atomic E-state index is 8.56. The first-order chi connectivity index (χ1) is 11.3. The molecule has 3 rings (SSSR count). The molecule has 0 saturated heterocycles. The lowest BCUT2D eigenvalue weighted by Gasteiger charge is -2.09. The van der Waals surface area contributed by atoms with Gasteiger partial charge in [-0.3, -0.25) is 0 Å². The van der Waals surface area contributed by atoms with Crippen molar-refractivity contribution >= 4 is 32.8 Å². The molecule has 2 nitrogen and oxygen atoms in total. The second-order valence-corrected chi connectivity index (χ2v) is 5.98. The van der Waals surface area contributed by atoms with E-state index in [-0.39, 0.29) is 0 Å². The van der Waals surface area contributed by atoms with E-state index in [2.05, 4.69) is 46.3 Å². The highest BCUT2D eigenvalue weighted by Gasteiger charge is 2.03. The maximum atomic E-state index is 8.56. The molecule has 0 aliphatic heterocycles. The van der Waals surface area contributed by atoms with Crippen molar-refractivity contribution in [1.82, 2.24) is 0 Å². The summed E-state index contributed by atoms with van der Waals surface area (Å²) in [6.07, 6.45) is 3.22. The predicted octanol–water partition coefficient (Wildman–Crippen LogP) is 5.72. The van der Waals surface area contributed by atoms with Gasteiger partial charge in [-0.2, -0.15) is 5.26 Å². The van der Waals surface area contributed by atoms with Gasteiger partial charge in [0.1, 0.15) is 12.4 Å². The van der Waals surface area contributed by atoms with E-state index in [1.165, 1.54) is 16.8 Å². The summed E-state index contributed by atoms with van der Waals surface area (Å²) in [5.41, 5.74) is 2.08. The van der Waals surface area contributed by atoms with Gasteiger partial charge in [0.05, 0.1) is 10.5 Å². The molecule has 0 amide bonds. The largest absolute Gasteiger partial charge is 0.488 e. The van der Waals surface area contributed by atoms with Crippen molar-refractivity contribution in [2.45, 2.75) is 6.61 Å². The molecule has 3 heteroatoms. The Bertz CT molecular complexity index is 909. The van der Waals surface area contributed by atoms with Crippen LogP contribution in [0.25, 0.3) is 16.8 Å². The standard InChI is InChI=1S/C20H14BrNO/c21-19-13-15(4-3-11-22)8-10-20(19)23-14-16-7-9-17-5-1-2-6-18(17)12-16/h1-10,12-13H,14H2/b4-3+. The summed E-state index contributed by atoms with van der Waals surface area (Å²) in [6, 6.07) is 22.4. The smallest absolute Gasteiger partial charge is 0.134 e. The Labute approximate surface area is 143 Å². The topological polar surface area (TPSA) is 33.0 Å². The first-order valence-corrected chi connectivity index (χ1v) is 8.02. The van der Waals surface area contributed by atoms with Crippen molar-refractivity contribution in [3.8, 4) is 11.8 Å². The molecule has 0 bridgehead atoms. The SMILES string of the molecule is N#C/C=C/c1ccc(OCc2ccc3ccccc3c2)c(Br)c1. The fourth-order valence-corrected chi connectivity index (χ4v) is 2.87. The number of halogens is 1. The molecule has 0 heterocycles. The van der Waals surface area contributed by atoms with Gasteiger partial charge in [0, 0.05) is 6.08 Å². The molecule has 0 atom stereocenters. The highest BCUT2D eigenvalue weighted by molar-refractivity contribution is 9.10. The molecule has 0 aromatic heterocycles. The monoisotopic (exact) mass is 363 g/mol. The number of fused-ring (bicyclic) bond motifs is 1. The Morgan fingerprint density at radius 1 is 1.00 bits per heavy atom. The summed E-state index contributed by atoms with van der Waals surface area (Å²) < 4.78 is 6.77. The van der Waals surface area contributed by atoms with Crippen LogP contribution in [0.15, 0.2) is 71.2 Å². The highest BCUT2D eigenvalue weighted by Crippen LogP contribution is 2.27. The minimum atomic E-state index is 0.511. The fourth-order valence-electron chi connectivity index (χ4n) is 2.36. The summed E-state index contributed by atoms with van der Waals surface area (Å²) in [4.78, 5) is 0. The van der Waals surface area contributed by atoms with Crippen LogP contribution in [0, 0.1) is 11.3 Å². The molecular weight excluding hydrogens is 350 g/mol. The predicted molar refractivity (Wildman–Crippen MR) is 97.1 cm³/mol. The van der Waals surface area contributed by atoms with Gasteiger partial charge >= 0.3 is 0 Å². The highest BCUT2D eigenvalue weighted by atomic mass is 79.9. The van der Waals surface area contributed by atoms with E-state index in [1.807, 2.05) is 36.4 Å². The van der Waals surface area contributed by atoms with Gasteiger partial charge in [-0.25, -0.2) is 0 Å².